The average molecular weight is 435 g/mol. The van der Waals surface area contributed by atoms with Crippen LogP contribution in [0.25, 0.3) is 5.57 Å². The molecule has 32 heavy (non-hydrogen) atoms. The summed E-state index contributed by atoms with van der Waals surface area (Å²) in [7, 11) is 0. The van der Waals surface area contributed by atoms with Crippen molar-refractivity contribution in [2.24, 2.45) is 5.41 Å². The minimum absolute atomic E-state index is 0.0866. The molecule has 1 aromatic rings. The normalized spacial score (nSPS) is 21.6. The summed E-state index contributed by atoms with van der Waals surface area (Å²) in [6.45, 7) is 0. The maximum atomic E-state index is 13.0. The molecule has 2 amide bonds. The van der Waals surface area contributed by atoms with Crippen LogP contribution in [0, 0.1) is 5.41 Å². The standard InChI is InChI=1S/C28H38N2O2/c31-26(29-24-12-6-2-7-13-24)20-28(21-27(32)30-25-14-8-3-9-15-25)18-16-23(17-19-28)22-10-4-1-5-11-22/h1,4-5,10-11,16-18,24-25H,2-3,6-9,12-15,19-21H2,(H,29,31)(H,30,32). The van der Waals surface area contributed by atoms with Crippen LogP contribution in [0.4, 0.5) is 0 Å². The number of benzene rings is 1. The van der Waals surface area contributed by atoms with Gasteiger partial charge in [-0.05, 0) is 43.2 Å². The molecule has 0 aliphatic heterocycles. The first-order valence-corrected chi connectivity index (χ1v) is 12.7. The van der Waals surface area contributed by atoms with Gasteiger partial charge in [0.25, 0.3) is 0 Å². The molecule has 1 aromatic carbocycles. The second kappa shape index (κ2) is 11.0. The Morgan fingerprint density at radius 3 is 1.78 bits per heavy atom. The molecule has 0 bridgehead atoms. The van der Waals surface area contributed by atoms with E-state index in [0.29, 0.717) is 31.3 Å². The van der Waals surface area contributed by atoms with Gasteiger partial charge in [0.05, 0.1) is 0 Å². The minimum atomic E-state index is -0.449. The highest BCUT2D eigenvalue weighted by atomic mass is 16.2. The molecule has 2 saturated carbocycles. The molecule has 2 N–H and O–H groups in total. The van der Waals surface area contributed by atoms with Crippen molar-refractivity contribution < 1.29 is 9.59 Å². The Hall–Kier alpha value is -2.36. The van der Waals surface area contributed by atoms with Crippen LogP contribution in [0.1, 0.15) is 89.0 Å². The Bertz CT molecular complexity index is 796. The molecule has 0 atom stereocenters. The van der Waals surface area contributed by atoms with Crippen LogP contribution in [0.2, 0.25) is 0 Å². The molecule has 4 nitrogen and oxygen atoms in total. The molecule has 4 rings (SSSR count). The lowest BCUT2D eigenvalue weighted by Gasteiger charge is -2.33. The van der Waals surface area contributed by atoms with Gasteiger partial charge in [0, 0.05) is 30.3 Å². The monoisotopic (exact) mass is 434 g/mol. The molecular formula is C28H38N2O2. The van der Waals surface area contributed by atoms with Crippen molar-refractivity contribution in [1.82, 2.24) is 10.6 Å². The molecular weight excluding hydrogens is 396 g/mol. The van der Waals surface area contributed by atoms with Gasteiger partial charge in [-0.15, -0.1) is 0 Å². The Balaban J connectivity index is 1.43. The van der Waals surface area contributed by atoms with Gasteiger partial charge in [-0.1, -0.05) is 87.1 Å². The molecule has 4 heteroatoms. The van der Waals surface area contributed by atoms with Gasteiger partial charge in [0.1, 0.15) is 0 Å². The number of rotatable bonds is 7. The maximum absolute atomic E-state index is 13.0. The van der Waals surface area contributed by atoms with Gasteiger partial charge in [-0.2, -0.15) is 0 Å². The van der Waals surface area contributed by atoms with E-state index in [0.717, 1.165) is 25.7 Å². The zero-order valence-corrected chi connectivity index (χ0v) is 19.3. The summed E-state index contributed by atoms with van der Waals surface area (Å²) in [6.07, 6.45) is 19.6. The number of allylic oxidation sites excluding steroid dienone is 4. The van der Waals surface area contributed by atoms with E-state index in [1.54, 1.807) is 0 Å². The molecule has 0 spiro atoms. The Morgan fingerprint density at radius 1 is 0.781 bits per heavy atom. The van der Waals surface area contributed by atoms with Crippen molar-refractivity contribution in [3.8, 4) is 0 Å². The third-order valence-corrected chi connectivity index (χ3v) is 7.42. The van der Waals surface area contributed by atoms with E-state index in [4.69, 9.17) is 0 Å². The SMILES string of the molecule is O=C(CC1(CC(=O)NC2CCCCC2)C=CC(c2ccccc2)=CC1)NC1CCCCC1. The van der Waals surface area contributed by atoms with E-state index < -0.39 is 5.41 Å². The summed E-state index contributed by atoms with van der Waals surface area (Å²) in [5.41, 5.74) is 1.90. The maximum Gasteiger partial charge on any atom is 0.221 e. The molecule has 2 fully saturated rings. The van der Waals surface area contributed by atoms with Gasteiger partial charge in [-0.25, -0.2) is 0 Å². The largest absolute Gasteiger partial charge is 0.353 e. The number of hydrogen-bond donors (Lipinski definition) is 2. The Labute approximate surface area is 192 Å². The molecule has 0 radical (unpaired) electrons. The van der Waals surface area contributed by atoms with Crippen molar-refractivity contribution in [2.45, 2.75) is 95.6 Å². The number of hydrogen-bond acceptors (Lipinski definition) is 2. The fraction of sp³-hybridized carbons (Fsp3) is 0.571. The summed E-state index contributed by atoms with van der Waals surface area (Å²) in [6, 6.07) is 10.9. The van der Waals surface area contributed by atoms with Crippen LogP contribution in [0.3, 0.4) is 0 Å². The lowest BCUT2D eigenvalue weighted by Crippen LogP contribution is -2.42. The summed E-state index contributed by atoms with van der Waals surface area (Å²) >= 11 is 0. The topological polar surface area (TPSA) is 58.2 Å². The van der Waals surface area contributed by atoms with E-state index in [2.05, 4.69) is 41.0 Å². The highest BCUT2D eigenvalue weighted by molar-refractivity contribution is 5.83. The smallest absolute Gasteiger partial charge is 0.221 e. The molecule has 3 aliphatic rings. The zero-order valence-electron chi connectivity index (χ0n) is 19.3. The summed E-state index contributed by atoms with van der Waals surface area (Å²) in [5.74, 6) is 0.173. The third-order valence-electron chi connectivity index (χ3n) is 7.42. The van der Waals surface area contributed by atoms with Crippen LogP contribution in [-0.2, 0) is 9.59 Å². The predicted molar refractivity (Wildman–Crippen MR) is 130 cm³/mol. The van der Waals surface area contributed by atoms with Gasteiger partial charge >= 0.3 is 0 Å². The van der Waals surface area contributed by atoms with E-state index in [-0.39, 0.29) is 11.8 Å². The van der Waals surface area contributed by atoms with Crippen LogP contribution in [0.5, 0.6) is 0 Å². The van der Waals surface area contributed by atoms with Crippen LogP contribution in [0.15, 0.2) is 48.6 Å². The first-order chi connectivity index (χ1) is 15.6. The van der Waals surface area contributed by atoms with Crippen LogP contribution >= 0.6 is 0 Å². The van der Waals surface area contributed by atoms with Crippen molar-refractivity contribution >= 4 is 17.4 Å². The fourth-order valence-corrected chi connectivity index (χ4v) is 5.58. The third kappa shape index (κ3) is 6.34. The van der Waals surface area contributed by atoms with Crippen LogP contribution < -0.4 is 10.6 Å². The highest BCUT2D eigenvalue weighted by Crippen LogP contribution is 2.39. The van der Waals surface area contributed by atoms with E-state index >= 15 is 0 Å². The van der Waals surface area contributed by atoms with Crippen LogP contribution in [-0.4, -0.2) is 23.9 Å². The van der Waals surface area contributed by atoms with E-state index in [9.17, 15) is 9.59 Å². The second-order valence-corrected chi connectivity index (χ2v) is 10.1. The zero-order chi connectivity index (χ0) is 22.2. The predicted octanol–water partition coefficient (Wildman–Crippen LogP) is 5.69. The lowest BCUT2D eigenvalue weighted by molar-refractivity contribution is -0.126. The van der Waals surface area contributed by atoms with Gasteiger partial charge < -0.3 is 10.6 Å². The van der Waals surface area contributed by atoms with Crippen molar-refractivity contribution in [3.63, 3.8) is 0 Å². The lowest BCUT2D eigenvalue weighted by atomic mass is 9.73. The Kier molecular flexibility index (Phi) is 7.83. The molecule has 0 aromatic heterocycles. The quantitative estimate of drug-likeness (QED) is 0.579. The average Bonchev–Trinajstić information content (AvgIpc) is 2.81. The van der Waals surface area contributed by atoms with Crippen molar-refractivity contribution in [3.05, 3.63) is 54.1 Å². The second-order valence-electron chi connectivity index (χ2n) is 10.1. The Morgan fingerprint density at radius 2 is 1.31 bits per heavy atom. The molecule has 0 heterocycles. The number of amides is 2. The number of carbonyl (C=O) groups is 2. The summed E-state index contributed by atoms with van der Waals surface area (Å²) in [4.78, 5) is 26.0. The number of nitrogens with one attached hydrogen (secondary N) is 2. The fourth-order valence-electron chi connectivity index (χ4n) is 5.58. The van der Waals surface area contributed by atoms with Crippen molar-refractivity contribution in [2.75, 3.05) is 0 Å². The molecule has 0 unspecified atom stereocenters. The first kappa shape index (κ1) is 22.8. The summed E-state index contributed by atoms with van der Waals surface area (Å²) in [5, 5.41) is 6.53. The summed E-state index contributed by atoms with van der Waals surface area (Å²) < 4.78 is 0. The van der Waals surface area contributed by atoms with Gasteiger partial charge in [0.15, 0.2) is 0 Å². The van der Waals surface area contributed by atoms with E-state index in [1.807, 2.05) is 18.2 Å². The highest BCUT2D eigenvalue weighted by Gasteiger charge is 2.35. The number of carbonyl (C=O) groups excluding carboxylic acids is 2. The molecule has 172 valence electrons. The van der Waals surface area contributed by atoms with E-state index in [1.165, 1.54) is 49.7 Å². The minimum Gasteiger partial charge on any atom is -0.353 e. The van der Waals surface area contributed by atoms with Crippen molar-refractivity contribution in [1.29, 1.82) is 0 Å². The van der Waals surface area contributed by atoms with Gasteiger partial charge in [-0.3, -0.25) is 9.59 Å². The van der Waals surface area contributed by atoms with Gasteiger partial charge in [0.2, 0.25) is 11.8 Å². The molecule has 0 saturated heterocycles. The first-order valence-electron chi connectivity index (χ1n) is 12.7. The molecule has 3 aliphatic carbocycles.